The Kier molecular flexibility index (Phi) is 2.36. The molecule has 5 nitrogen and oxygen atoms in total. The molecule has 0 aliphatic heterocycles. The molecular formula is C8H9N5S. The van der Waals surface area contributed by atoms with Crippen LogP contribution in [0.1, 0.15) is 0 Å². The Hall–Kier alpha value is -1.56. The first-order valence-electron chi connectivity index (χ1n) is 3.99. The Morgan fingerprint density at radius 1 is 1.50 bits per heavy atom. The van der Waals surface area contributed by atoms with E-state index in [0.717, 1.165) is 10.2 Å². The lowest BCUT2D eigenvalue weighted by Crippen LogP contribution is -1.93. The van der Waals surface area contributed by atoms with Crippen LogP contribution in [0, 0.1) is 0 Å². The summed E-state index contributed by atoms with van der Waals surface area (Å²) in [5.74, 6) is 0. The Balaban J connectivity index is 2.28. The van der Waals surface area contributed by atoms with E-state index in [1.807, 2.05) is 17.7 Å². The topological polar surface area (TPSA) is 69.6 Å². The summed E-state index contributed by atoms with van der Waals surface area (Å²) >= 11 is 1.40. The van der Waals surface area contributed by atoms with E-state index < -0.39 is 0 Å². The molecule has 0 bridgehead atoms. The molecule has 2 rings (SSSR count). The molecular weight excluding hydrogens is 198 g/mol. The number of aromatic nitrogens is 4. The highest BCUT2D eigenvalue weighted by atomic mass is 32.2. The summed E-state index contributed by atoms with van der Waals surface area (Å²) in [6, 6.07) is 3.61. The van der Waals surface area contributed by atoms with E-state index in [1.54, 1.807) is 18.6 Å². The van der Waals surface area contributed by atoms with Crippen molar-refractivity contribution in [2.24, 2.45) is 7.05 Å². The van der Waals surface area contributed by atoms with Crippen molar-refractivity contribution >= 4 is 17.4 Å². The maximum Gasteiger partial charge on any atom is 0.197 e. The van der Waals surface area contributed by atoms with Crippen molar-refractivity contribution in [3.8, 4) is 0 Å². The average molecular weight is 207 g/mol. The maximum atomic E-state index is 5.75. The smallest absolute Gasteiger partial charge is 0.197 e. The van der Waals surface area contributed by atoms with Crippen LogP contribution >= 0.6 is 11.8 Å². The number of pyridine rings is 1. The number of nitrogens with zero attached hydrogens (tertiary/aromatic N) is 4. The van der Waals surface area contributed by atoms with Gasteiger partial charge in [-0.05, 0) is 23.9 Å². The molecule has 0 unspecified atom stereocenters. The van der Waals surface area contributed by atoms with Gasteiger partial charge >= 0.3 is 0 Å². The predicted molar refractivity (Wildman–Crippen MR) is 53.8 cm³/mol. The van der Waals surface area contributed by atoms with E-state index in [4.69, 9.17) is 5.73 Å². The van der Waals surface area contributed by atoms with Crippen LogP contribution in [0.3, 0.4) is 0 Å². The van der Waals surface area contributed by atoms with E-state index in [9.17, 15) is 0 Å². The number of aryl methyl sites for hydroxylation is 1. The minimum Gasteiger partial charge on any atom is -0.397 e. The van der Waals surface area contributed by atoms with Crippen molar-refractivity contribution in [3.63, 3.8) is 0 Å². The van der Waals surface area contributed by atoms with Crippen LogP contribution in [-0.4, -0.2) is 19.7 Å². The van der Waals surface area contributed by atoms with Crippen LogP contribution in [0.4, 0.5) is 5.69 Å². The van der Waals surface area contributed by atoms with Gasteiger partial charge in [-0.2, -0.15) is 0 Å². The Morgan fingerprint density at radius 3 is 3.00 bits per heavy atom. The van der Waals surface area contributed by atoms with E-state index in [2.05, 4.69) is 15.2 Å². The molecule has 2 aromatic rings. The fraction of sp³-hybridized carbons (Fsp3) is 0.125. The highest BCUT2D eigenvalue weighted by molar-refractivity contribution is 7.99. The van der Waals surface area contributed by atoms with Gasteiger partial charge in [0.15, 0.2) is 5.16 Å². The van der Waals surface area contributed by atoms with Gasteiger partial charge in [-0.25, -0.2) is 4.98 Å². The van der Waals surface area contributed by atoms with Crippen molar-refractivity contribution in [2.45, 2.75) is 10.2 Å². The van der Waals surface area contributed by atoms with Gasteiger partial charge in [-0.15, -0.1) is 10.2 Å². The third kappa shape index (κ3) is 1.69. The summed E-state index contributed by atoms with van der Waals surface area (Å²) in [6.07, 6.45) is 3.34. The third-order valence-electron chi connectivity index (χ3n) is 1.66. The molecule has 0 radical (unpaired) electrons. The molecule has 0 saturated carbocycles. The zero-order valence-electron chi connectivity index (χ0n) is 7.58. The molecule has 0 amide bonds. The zero-order valence-corrected chi connectivity index (χ0v) is 8.40. The monoisotopic (exact) mass is 207 g/mol. The first-order chi connectivity index (χ1) is 6.77. The van der Waals surface area contributed by atoms with Crippen LogP contribution in [0.2, 0.25) is 0 Å². The lowest BCUT2D eigenvalue weighted by molar-refractivity contribution is 0.787. The van der Waals surface area contributed by atoms with Gasteiger partial charge in [-0.1, -0.05) is 0 Å². The van der Waals surface area contributed by atoms with Crippen LogP contribution in [0.5, 0.6) is 0 Å². The lowest BCUT2D eigenvalue weighted by Gasteiger charge is -2.01. The first-order valence-corrected chi connectivity index (χ1v) is 4.81. The number of nitrogens with two attached hydrogens (primary N) is 1. The molecule has 6 heteroatoms. The molecule has 14 heavy (non-hydrogen) atoms. The molecule has 0 saturated heterocycles. The minimum atomic E-state index is 0.653. The van der Waals surface area contributed by atoms with E-state index in [-0.39, 0.29) is 0 Å². The predicted octanol–water partition coefficient (Wildman–Crippen LogP) is 0.943. The number of hydrogen-bond acceptors (Lipinski definition) is 5. The second kappa shape index (κ2) is 3.67. The van der Waals surface area contributed by atoms with E-state index in [1.165, 1.54) is 11.8 Å². The lowest BCUT2D eigenvalue weighted by atomic mass is 10.4. The van der Waals surface area contributed by atoms with Crippen molar-refractivity contribution in [3.05, 3.63) is 24.7 Å². The number of nitrogen functional groups attached to an aromatic ring is 1. The summed E-state index contributed by atoms with van der Waals surface area (Å²) < 4.78 is 1.82. The number of rotatable bonds is 2. The highest BCUT2D eigenvalue weighted by Gasteiger charge is 2.06. The molecule has 72 valence electrons. The highest BCUT2D eigenvalue weighted by Crippen LogP contribution is 2.27. The van der Waals surface area contributed by atoms with Gasteiger partial charge in [0, 0.05) is 13.2 Å². The first kappa shape index (κ1) is 9.01. The third-order valence-corrected chi connectivity index (χ3v) is 2.75. The zero-order chi connectivity index (χ0) is 9.97. The van der Waals surface area contributed by atoms with Crippen LogP contribution < -0.4 is 5.73 Å². The average Bonchev–Trinajstić information content (AvgIpc) is 2.56. The summed E-state index contributed by atoms with van der Waals surface area (Å²) in [5, 5.41) is 9.23. The summed E-state index contributed by atoms with van der Waals surface area (Å²) in [7, 11) is 1.88. The quantitative estimate of drug-likeness (QED) is 0.793. The van der Waals surface area contributed by atoms with Gasteiger partial charge in [0.2, 0.25) is 0 Å². The van der Waals surface area contributed by atoms with Crippen LogP contribution in [-0.2, 0) is 7.05 Å². The maximum absolute atomic E-state index is 5.75. The normalized spacial score (nSPS) is 10.4. The van der Waals surface area contributed by atoms with Gasteiger partial charge in [0.05, 0.1) is 5.69 Å². The fourth-order valence-electron chi connectivity index (χ4n) is 0.940. The molecule has 2 aromatic heterocycles. The van der Waals surface area contributed by atoms with Crippen molar-refractivity contribution in [1.82, 2.24) is 19.7 Å². The van der Waals surface area contributed by atoms with Crippen molar-refractivity contribution in [2.75, 3.05) is 5.73 Å². The van der Waals surface area contributed by atoms with Crippen molar-refractivity contribution < 1.29 is 0 Å². The van der Waals surface area contributed by atoms with Crippen LogP contribution in [0.25, 0.3) is 0 Å². The molecule has 0 spiro atoms. The van der Waals surface area contributed by atoms with Crippen LogP contribution in [0.15, 0.2) is 34.8 Å². The second-order valence-electron chi connectivity index (χ2n) is 2.72. The number of anilines is 1. The molecule has 2 heterocycles. The molecule has 2 N–H and O–H groups in total. The molecule has 0 aromatic carbocycles. The Morgan fingerprint density at radius 2 is 2.36 bits per heavy atom. The van der Waals surface area contributed by atoms with E-state index >= 15 is 0 Å². The fourth-order valence-corrected chi connectivity index (χ4v) is 1.69. The summed E-state index contributed by atoms with van der Waals surface area (Å²) in [6.45, 7) is 0. The molecule has 0 fully saturated rings. The standard InChI is InChI=1S/C8H9N5S/c1-13-5-11-12-8(13)14-7-6(9)3-2-4-10-7/h2-5H,9H2,1H3. The minimum absolute atomic E-state index is 0.653. The SMILES string of the molecule is Cn1cnnc1Sc1ncccc1N. The molecule has 0 aliphatic carbocycles. The van der Waals surface area contributed by atoms with Gasteiger partial charge in [0.25, 0.3) is 0 Å². The van der Waals surface area contributed by atoms with E-state index in [0.29, 0.717) is 5.69 Å². The van der Waals surface area contributed by atoms with Gasteiger partial charge in [-0.3, -0.25) is 0 Å². The number of hydrogen-bond donors (Lipinski definition) is 1. The van der Waals surface area contributed by atoms with Crippen molar-refractivity contribution in [1.29, 1.82) is 0 Å². The second-order valence-corrected chi connectivity index (χ2v) is 3.68. The summed E-state index contributed by atoms with van der Waals surface area (Å²) in [5.41, 5.74) is 6.40. The largest absolute Gasteiger partial charge is 0.397 e. The molecule has 0 aliphatic rings. The Bertz CT molecular complexity index is 439. The molecule has 0 atom stereocenters. The van der Waals surface area contributed by atoms with Gasteiger partial charge in [0.1, 0.15) is 11.4 Å². The summed E-state index contributed by atoms with van der Waals surface area (Å²) in [4.78, 5) is 4.15. The Labute approximate surface area is 85.4 Å². The van der Waals surface area contributed by atoms with Gasteiger partial charge < -0.3 is 10.3 Å².